The highest BCUT2D eigenvalue weighted by Gasteiger charge is 2.31. The van der Waals surface area contributed by atoms with E-state index in [1.165, 1.54) is 38.8 Å². The van der Waals surface area contributed by atoms with Gasteiger partial charge in [0.15, 0.2) is 0 Å². The van der Waals surface area contributed by atoms with Crippen LogP contribution in [-0.4, -0.2) is 42.8 Å². The fourth-order valence-electron chi connectivity index (χ4n) is 2.82. The Bertz CT molecular complexity index is 186. The molecule has 3 unspecified atom stereocenters. The van der Waals surface area contributed by atoms with Crippen molar-refractivity contribution in [3.63, 3.8) is 0 Å². The van der Waals surface area contributed by atoms with E-state index in [-0.39, 0.29) is 12.7 Å². The van der Waals surface area contributed by atoms with Crippen LogP contribution in [0.15, 0.2) is 0 Å². The Kier molecular flexibility index (Phi) is 3.39. The number of hydrogen-bond donors (Lipinski definition) is 1. The number of hydrogen-bond acceptors (Lipinski definition) is 2. The van der Waals surface area contributed by atoms with Gasteiger partial charge in [-0.05, 0) is 45.7 Å². The zero-order chi connectivity index (χ0) is 9.97. The average Bonchev–Trinajstić information content (AvgIpc) is 2.64. The molecule has 3 atom stereocenters. The third kappa shape index (κ3) is 2.26. The molecule has 0 radical (unpaired) electrons. The summed E-state index contributed by atoms with van der Waals surface area (Å²) in [6.45, 7) is 4.18. The van der Waals surface area contributed by atoms with Gasteiger partial charge < -0.3 is 10.2 Å². The van der Waals surface area contributed by atoms with Gasteiger partial charge in [0.05, 0.1) is 0 Å². The van der Waals surface area contributed by atoms with Crippen molar-refractivity contribution < 1.29 is 4.39 Å². The fourth-order valence-corrected chi connectivity index (χ4v) is 2.82. The van der Waals surface area contributed by atoms with Crippen LogP contribution in [0.5, 0.6) is 0 Å². The van der Waals surface area contributed by atoms with Gasteiger partial charge >= 0.3 is 0 Å². The number of nitrogens with one attached hydrogen (secondary N) is 1. The summed E-state index contributed by atoms with van der Waals surface area (Å²) in [5.41, 5.74) is 0. The Morgan fingerprint density at radius 1 is 1.43 bits per heavy atom. The Hall–Kier alpha value is -0.150. The summed E-state index contributed by atoms with van der Waals surface area (Å²) < 4.78 is 12.3. The predicted octanol–water partition coefficient (Wildman–Crippen LogP) is 1.56. The first-order valence-corrected chi connectivity index (χ1v) is 5.85. The molecule has 82 valence electrons. The molecule has 2 aliphatic rings. The maximum Gasteiger partial charge on any atom is 0.104 e. The number of alkyl halides is 1. The molecule has 0 aromatic rings. The molecule has 14 heavy (non-hydrogen) atoms. The van der Waals surface area contributed by atoms with E-state index < -0.39 is 0 Å². The number of fused-ring (bicyclic) bond motifs is 1. The first kappa shape index (κ1) is 10.4. The largest absolute Gasteiger partial charge is 0.309 e. The first-order chi connectivity index (χ1) is 6.79. The Balaban J connectivity index is 1.79. The molecule has 2 heterocycles. The molecule has 0 amide bonds. The minimum atomic E-state index is -0.245. The third-order valence-corrected chi connectivity index (χ3v) is 3.57. The molecule has 1 N–H and O–H groups in total. The van der Waals surface area contributed by atoms with Crippen molar-refractivity contribution in [3.05, 3.63) is 0 Å². The van der Waals surface area contributed by atoms with E-state index in [1.807, 2.05) is 6.92 Å². The monoisotopic (exact) mass is 200 g/mol. The molecule has 0 aromatic carbocycles. The summed E-state index contributed by atoms with van der Waals surface area (Å²) in [4.78, 5) is 2.60. The standard InChI is InChI=1S/C11H21FN2/c1-9(8-12)13-10-4-6-14-5-2-3-11(14)7-10/h9-11,13H,2-8H2,1H3. The maximum atomic E-state index is 12.3. The smallest absolute Gasteiger partial charge is 0.104 e. The van der Waals surface area contributed by atoms with Crippen molar-refractivity contribution >= 4 is 0 Å². The SMILES string of the molecule is CC(CF)NC1CCN2CCCC2C1. The van der Waals surface area contributed by atoms with Crippen LogP contribution in [0.3, 0.4) is 0 Å². The molecular formula is C11H21FN2. The summed E-state index contributed by atoms with van der Waals surface area (Å²) in [6, 6.07) is 1.38. The molecule has 0 saturated carbocycles. The van der Waals surface area contributed by atoms with Crippen LogP contribution in [0.1, 0.15) is 32.6 Å². The number of halogens is 1. The molecule has 3 heteroatoms. The van der Waals surface area contributed by atoms with Gasteiger partial charge in [0.25, 0.3) is 0 Å². The molecule has 2 aliphatic heterocycles. The second kappa shape index (κ2) is 4.58. The Morgan fingerprint density at radius 3 is 3.07 bits per heavy atom. The van der Waals surface area contributed by atoms with Crippen LogP contribution in [0.4, 0.5) is 4.39 Å². The number of rotatable bonds is 3. The normalized spacial score (nSPS) is 35.6. The van der Waals surface area contributed by atoms with Gasteiger partial charge in [0.1, 0.15) is 6.67 Å². The van der Waals surface area contributed by atoms with Crippen LogP contribution >= 0.6 is 0 Å². The summed E-state index contributed by atoms with van der Waals surface area (Å²) in [5, 5.41) is 3.38. The van der Waals surface area contributed by atoms with E-state index in [0.717, 1.165) is 6.04 Å². The predicted molar refractivity (Wildman–Crippen MR) is 56.2 cm³/mol. The highest BCUT2D eigenvalue weighted by atomic mass is 19.1. The van der Waals surface area contributed by atoms with Crippen molar-refractivity contribution in [2.45, 2.75) is 50.7 Å². The summed E-state index contributed by atoms with van der Waals surface area (Å²) in [5.74, 6) is 0. The lowest BCUT2D eigenvalue weighted by Crippen LogP contribution is -2.48. The van der Waals surface area contributed by atoms with Crippen molar-refractivity contribution in [2.75, 3.05) is 19.8 Å². The molecule has 2 rings (SSSR count). The molecule has 0 spiro atoms. The summed E-state index contributed by atoms with van der Waals surface area (Å²) in [6.07, 6.45) is 5.13. The topological polar surface area (TPSA) is 15.3 Å². The lowest BCUT2D eigenvalue weighted by Gasteiger charge is -2.36. The average molecular weight is 200 g/mol. The van der Waals surface area contributed by atoms with Gasteiger partial charge in [-0.25, -0.2) is 4.39 Å². The highest BCUT2D eigenvalue weighted by molar-refractivity contribution is 4.89. The summed E-state index contributed by atoms with van der Waals surface area (Å²) >= 11 is 0. The van der Waals surface area contributed by atoms with E-state index in [2.05, 4.69) is 10.2 Å². The lowest BCUT2D eigenvalue weighted by molar-refractivity contribution is 0.159. The summed E-state index contributed by atoms with van der Waals surface area (Å²) in [7, 11) is 0. The lowest BCUT2D eigenvalue weighted by atomic mass is 9.97. The molecule has 2 fully saturated rings. The van der Waals surface area contributed by atoms with Crippen molar-refractivity contribution in [1.29, 1.82) is 0 Å². The van der Waals surface area contributed by atoms with Gasteiger partial charge in [-0.15, -0.1) is 0 Å². The van der Waals surface area contributed by atoms with E-state index in [4.69, 9.17) is 0 Å². The van der Waals surface area contributed by atoms with E-state index >= 15 is 0 Å². The highest BCUT2D eigenvalue weighted by Crippen LogP contribution is 2.26. The van der Waals surface area contributed by atoms with Gasteiger partial charge in [0.2, 0.25) is 0 Å². The van der Waals surface area contributed by atoms with E-state index in [1.54, 1.807) is 0 Å². The third-order valence-electron chi connectivity index (χ3n) is 3.57. The maximum absolute atomic E-state index is 12.3. The minimum Gasteiger partial charge on any atom is -0.309 e. The van der Waals surface area contributed by atoms with E-state index in [9.17, 15) is 4.39 Å². The van der Waals surface area contributed by atoms with Gasteiger partial charge in [-0.1, -0.05) is 0 Å². The molecule has 2 saturated heterocycles. The van der Waals surface area contributed by atoms with Gasteiger partial charge in [0, 0.05) is 18.1 Å². The van der Waals surface area contributed by atoms with Crippen molar-refractivity contribution in [3.8, 4) is 0 Å². The zero-order valence-electron chi connectivity index (χ0n) is 9.01. The molecule has 0 aliphatic carbocycles. The second-order valence-electron chi connectivity index (χ2n) is 4.78. The van der Waals surface area contributed by atoms with Crippen LogP contribution in [0.2, 0.25) is 0 Å². The Labute approximate surface area is 85.9 Å². The quantitative estimate of drug-likeness (QED) is 0.744. The Morgan fingerprint density at radius 2 is 2.29 bits per heavy atom. The van der Waals surface area contributed by atoms with Crippen molar-refractivity contribution in [1.82, 2.24) is 10.2 Å². The molecule has 0 aromatic heterocycles. The van der Waals surface area contributed by atoms with Crippen LogP contribution in [0, 0.1) is 0 Å². The molecule has 2 nitrogen and oxygen atoms in total. The van der Waals surface area contributed by atoms with Gasteiger partial charge in [-0.3, -0.25) is 0 Å². The minimum absolute atomic E-state index is 0.0351. The molecule has 0 bridgehead atoms. The van der Waals surface area contributed by atoms with Crippen molar-refractivity contribution in [2.24, 2.45) is 0 Å². The van der Waals surface area contributed by atoms with Gasteiger partial charge in [-0.2, -0.15) is 0 Å². The molecular weight excluding hydrogens is 179 g/mol. The van der Waals surface area contributed by atoms with Crippen LogP contribution in [-0.2, 0) is 0 Å². The fraction of sp³-hybridized carbons (Fsp3) is 1.00. The number of nitrogens with zero attached hydrogens (tertiary/aromatic N) is 1. The number of piperidine rings is 1. The zero-order valence-corrected chi connectivity index (χ0v) is 9.01. The second-order valence-corrected chi connectivity index (χ2v) is 4.78. The first-order valence-electron chi connectivity index (χ1n) is 5.85. The van der Waals surface area contributed by atoms with E-state index in [0.29, 0.717) is 6.04 Å². The van der Waals surface area contributed by atoms with Crippen LogP contribution < -0.4 is 5.32 Å². The van der Waals surface area contributed by atoms with Crippen LogP contribution in [0.25, 0.3) is 0 Å².